The molecule has 0 spiro atoms. The Morgan fingerprint density at radius 2 is 1.89 bits per heavy atom. The molecule has 3 aromatic rings. The van der Waals surface area contributed by atoms with Crippen LogP contribution in [0.5, 0.6) is 11.8 Å². The minimum Gasteiger partial charge on any atom is -0.481 e. The van der Waals surface area contributed by atoms with E-state index in [1.165, 1.54) is 5.56 Å². The third kappa shape index (κ3) is 3.73. The van der Waals surface area contributed by atoms with Crippen molar-refractivity contribution in [3.63, 3.8) is 0 Å². The molecule has 27 heavy (non-hydrogen) atoms. The monoisotopic (exact) mass is 363 g/mol. The average molecular weight is 363 g/mol. The van der Waals surface area contributed by atoms with Crippen molar-refractivity contribution >= 4 is 0 Å². The lowest BCUT2D eigenvalue weighted by Crippen LogP contribution is -2.31. The molecule has 4 rings (SSSR count). The molecule has 0 fully saturated rings. The number of fused-ring (bicyclic) bond motifs is 1. The summed E-state index contributed by atoms with van der Waals surface area (Å²) >= 11 is 0. The van der Waals surface area contributed by atoms with E-state index in [1.54, 1.807) is 26.6 Å². The van der Waals surface area contributed by atoms with E-state index in [4.69, 9.17) is 14.5 Å². The van der Waals surface area contributed by atoms with Gasteiger partial charge in [-0.15, -0.1) is 0 Å². The van der Waals surface area contributed by atoms with Crippen molar-refractivity contribution in [1.82, 2.24) is 24.8 Å². The quantitative estimate of drug-likeness (QED) is 0.689. The largest absolute Gasteiger partial charge is 0.481 e. The van der Waals surface area contributed by atoms with Crippen LogP contribution in [0.25, 0.3) is 11.4 Å². The lowest BCUT2D eigenvalue weighted by molar-refractivity contribution is 0.236. The molecule has 7 heteroatoms. The van der Waals surface area contributed by atoms with E-state index in [-0.39, 0.29) is 0 Å². The molecule has 1 aliphatic heterocycles. The van der Waals surface area contributed by atoms with Gasteiger partial charge in [-0.05, 0) is 30.2 Å². The van der Waals surface area contributed by atoms with E-state index < -0.39 is 0 Å². The normalized spacial score (nSPS) is 13.9. The molecule has 0 radical (unpaired) electrons. The fourth-order valence-electron chi connectivity index (χ4n) is 3.24. The molecule has 0 bridgehead atoms. The summed E-state index contributed by atoms with van der Waals surface area (Å²) in [7, 11) is 3.23. The van der Waals surface area contributed by atoms with Gasteiger partial charge in [0.05, 0.1) is 19.9 Å². The van der Waals surface area contributed by atoms with Crippen LogP contribution in [-0.4, -0.2) is 45.6 Å². The highest BCUT2D eigenvalue weighted by atomic mass is 16.5. The lowest BCUT2D eigenvalue weighted by Gasteiger charge is -2.28. The van der Waals surface area contributed by atoms with E-state index in [1.807, 2.05) is 30.5 Å². The third-order valence-corrected chi connectivity index (χ3v) is 4.67. The van der Waals surface area contributed by atoms with E-state index in [0.29, 0.717) is 11.8 Å². The first-order chi connectivity index (χ1) is 13.3. The van der Waals surface area contributed by atoms with Crippen LogP contribution >= 0.6 is 0 Å². The molecule has 0 saturated heterocycles. The number of methoxy groups -OCH3 is 2. The zero-order valence-electron chi connectivity index (χ0n) is 15.4. The number of ether oxygens (including phenoxy) is 2. The first-order valence-electron chi connectivity index (χ1n) is 8.82. The van der Waals surface area contributed by atoms with Gasteiger partial charge in [0, 0.05) is 55.4 Å². The molecule has 0 aromatic carbocycles. The van der Waals surface area contributed by atoms with Crippen LogP contribution in [0.4, 0.5) is 0 Å². The van der Waals surface area contributed by atoms with Crippen molar-refractivity contribution in [2.75, 3.05) is 20.8 Å². The first kappa shape index (κ1) is 17.4. The van der Waals surface area contributed by atoms with E-state index in [2.05, 4.69) is 19.9 Å². The van der Waals surface area contributed by atoms with Crippen LogP contribution in [0.2, 0.25) is 0 Å². The molecule has 1 aliphatic rings. The van der Waals surface area contributed by atoms with Crippen LogP contribution < -0.4 is 9.47 Å². The van der Waals surface area contributed by atoms with E-state index >= 15 is 0 Å². The number of pyridine rings is 2. The molecular formula is C20H21N5O2. The second kappa shape index (κ2) is 7.67. The number of hydrogen-bond donors (Lipinski definition) is 0. The van der Waals surface area contributed by atoms with Crippen molar-refractivity contribution in [2.45, 2.75) is 19.5 Å². The molecule has 4 heterocycles. The molecule has 3 aromatic heterocycles. The predicted molar refractivity (Wildman–Crippen MR) is 100 cm³/mol. The molecule has 7 nitrogen and oxygen atoms in total. The van der Waals surface area contributed by atoms with Crippen LogP contribution in [0.3, 0.4) is 0 Å². The number of hydrogen-bond acceptors (Lipinski definition) is 7. The number of nitrogens with zero attached hydrogens (tertiary/aromatic N) is 5. The standard InChI is InChI=1S/C20H21N5O2/c1-26-18-4-3-16(20(24-18)27-2)12-25-10-7-15-11-22-19(23-17(15)13-25)14-5-8-21-9-6-14/h3-6,8-9,11H,7,10,12-13H2,1-2H3. The fraction of sp³-hybridized carbons (Fsp3) is 0.300. The van der Waals surface area contributed by atoms with E-state index in [0.717, 1.165) is 48.7 Å². The molecule has 0 atom stereocenters. The van der Waals surface area contributed by atoms with Crippen LogP contribution in [0.15, 0.2) is 42.9 Å². The van der Waals surface area contributed by atoms with Gasteiger partial charge in [0.15, 0.2) is 5.82 Å². The molecule has 0 unspecified atom stereocenters. The molecule has 0 amide bonds. The Morgan fingerprint density at radius 3 is 2.67 bits per heavy atom. The van der Waals surface area contributed by atoms with Gasteiger partial charge in [0.25, 0.3) is 0 Å². The summed E-state index contributed by atoms with van der Waals surface area (Å²) in [5, 5.41) is 0. The van der Waals surface area contributed by atoms with Crippen molar-refractivity contribution < 1.29 is 9.47 Å². The highest BCUT2D eigenvalue weighted by Gasteiger charge is 2.20. The molecule has 138 valence electrons. The number of aromatic nitrogens is 4. The molecule has 0 saturated carbocycles. The Balaban J connectivity index is 1.54. The first-order valence-corrected chi connectivity index (χ1v) is 8.82. The minimum absolute atomic E-state index is 0.550. The Labute approximate surface area is 158 Å². The highest BCUT2D eigenvalue weighted by Crippen LogP contribution is 2.25. The number of rotatable bonds is 5. The van der Waals surface area contributed by atoms with Crippen LogP contribution in [0, 0.1) is 0 Å². The van der Waals surface area contributed by atoms with E-state index in [9.17, 15) is 0 Å². The maximum atomic E-state index is 5.43. The Kier molecular flexibility index (Phi) is 4.93. The Bertz CT molecular complexity index is 933. The van der Waals surface area contributed by atoms with Crippen molar-refractivity contribution in [3.05, 3.63) is 59.7 Å². The SMILES string of the molecule is COc1ccc(CN2CCc3cnc(-c4ccncc4)nc3C2)c(OC)n1. The Morgan fingerprint density at radius 1 is 1.04 bits per heavy atom. The Hall–Kier alpha value is -3.06. The second-order valence-electron chi connectivity index (χ2n) is 6.38. The van der Waals surface area contributed by atoms with Gasteiger partial charge in [-0.1, -0.05) is 0 Å². The minimum atomic E-state index is 0.550. The smallest absolute Gasteiger partial charge is 0.220 e. The average Bonchev–Trinajstić information content (AvgIpc) is 2.74. The molecule has 0 N–H and O–H groups in total. The third-order valence-electron chi connectivity index (χ3n) is 4.67. The van der Waals surface area contributed by atoms with Crippen LogP contribution in [-0.2, 0) is 19.5 Å². The maximum absolute atomic E-state index is 5.43. The van der Waals surface area contributed by atoms with Gasteiger partial charge in [-0.3, -0.25) is 9.88 Å². The zero-order chi connectivity index (χ0) is 18.6. The maximum Gasteiger partial charge on any atom is 0.220 e. The van der Waals surface area contributed by atoms with Gasteiger partial charge < -0.3 is 9.47 Å². The van der Waals surface area contributed by atoms with Crippen molar-refractivity contribution in [2.24, 2.45) is 0 Å². The van der Waals surface area contributed by atoms with Gasteiger partial charge in [0.1, 0.15) is 0 Å². The zero-order valence-corrected chi connectivity index (χ0v) is 15.4. The fourth-order valence-corrected chi connectivity index (χ4v) is 3.24. The lowest BCUT2D eigenvalue weighted by atomic mass is 10.1. The highest BCUT2D eigenvalue weighted by molar-refractivity contribution is 5.54. The summed E-state index contributed by atoms with van der Waals surface area (Å²) in [5.41, 5.74) is 4.29. The summed E-state index contributed by atoms with van der Waals surface area (Å²) in [6.07, 6.45) is 6.39. The van der Waals surface area contributed by atoms with Gasteiger partial charge in [-0.2, -0.15) is 4.98 Å². The van der Waals surface area contributed by atoms with Gasteiger partial charge >= 0.3 is 0 Å². The summed E-state index contributed by atoms with van der Waals surface area (Å²) in [6, 6.07) is 7.72. The topological polar surface area (TPSA) is 73.3 Å². The van der Waals surface area contributed by atoms with Gasteiger partial charge in [-0.25, -0.2) is 9.97 Å². The summed E-state index contributed by atoms with van der Waals surface area (Å²) in [5.74, 6) is 1.89. The molecule has 0 aliphatic carbocycles. The van der Waals surface area contributed by atoms with Gasteiger partial charge in [0.2, 0.25) is 11.8 Å². The summed E-state index contributed by atoms with van der Waals surface area (Å²) in [6.45, 7) is 2.46. The molecular weight excluding hydrogens is 342 g/mol. The predicted octanol–water partition coefficient (Wildman–Crippen LogP) is 2.51. The second-order valence-corrected chi connectivity index (χ2v) is 6.38. The summed E-state index contributed by atoms with van der Waals surface area (Å²) < 4.78 is 10.6. The van der Waals surface area contributed by atoms with Crippen molar-refractivity contribution in [3.8, 4) is 23.1 Å². The summed E-state index contributed by atoms with van der Waals surface area (Å²) in [4.78, 5) is 20.1. The van der Waals surface area contributed by atoms with Crippen molar-refractivity contribution in [1.29, 1.82) is 0 Å². The van der Waals surface area contributed by atoms with Crippen LogP contribution in [0.1, 0.15) is 16.8 Å².